The quantitative estimate of drug-likeness (QED) is 0.668. The topological polar surface area (TPSA) is 95.5 Å². The Kier molecular flexibility index (Phi) is 5.20. The molecule has 0 saturated heterocycles. The first kappa shape index (κ1) is 16.5. The summed E-state index contributed by atoms with van der Waals surface area (Å²) in [5.74, 6) is -1.16. The van der Waals surface area contributed by atoms with E-state index in [4.69, 9.17) is 5.11 Å². The van der Waals surface area contributed by atoms with Crippen LogP contribution in [-0.4, -0.2) is 32.1 Å². The van der Waals surface area contributed by atoms with Crippen LogP contribution in [0.5, 0.6) is 0 Å². The second-order valence-corrected chi connectivity index (χ2v) is 7.02. The Morgan fingerprint density at radius 1 is 1.36 bits per heavy atom. The Morgan fingerprint density at radius 2 is 2.05 bits per heavy atom. The summed E-state index contributed by atoms with van der Waals surface area (Å²) in [6, 6.07) is 4.34. The van der Waals surface area contributed by atoms with Gasteiger partial charge in [0.15, 0.2) is 0 Å². The predicted molar refractivity (Wildman–Crippen MR) is 84.7 cm³/mol. The van der Waals surface area contributed by atoms with E-state index >= 15 is 0 Å². The zero-order valence-corrected chi connectivity index (χ0v) is 13.0. The summed E-state index contributed by atoms with van der Waals surface area (Å²) in [5, 5.41) is 12.3. The smallest absolute Gasteiger partial charge is 0.335 e. The predicted octanol–water partition coefficient (Wildman–Crippen LogP) is 2.20. The van der Waals surface area contributed by atoms with Crippen LogP contribution in [0.15, 0.2) is 35.7 Å². The van der Waals surface area contributed by atoms with Gasteiger partial charge in [-0.25, -0.2) is 17.9 Å². The van der Waals surface area contributed by atoms with Crippen LogP contribution in [0.2, 0.25) is 0 Å². The Labute approximate surface area is 130 Å². The second-order valence-electron chi connectivity index (χ2n) is 5.28. The van der Waals surface area contributed by atoms with Gasteiger partial charge in [0.05, 0.1) is 11.3 Å². The molecule has 0 aliphatic heterocycles. The van der Waals surface area contributed by atoms with Crippen molar-refractivity contribution >= 4 is 21.7 Å². The molecule has 0 amide bonds. The van der Waals surface area contributed by atoms with Crippen molar-refractivity contribution in [2.45, 2.75) is 36.6 Å². The fourth-order valence-corrected chi connectivity index (χ4v) is 3.72. The number of sulfonamides is 1. The van der Waals surface area contributed by atoms with Crippen molar-refractivity contribution in [2.24, 2.45) is 0 Å². The number of carboxylic acid groups (broad SMARTS) is 1. The molecule has 1 aromatic carbocycles. The van der Waals surface area contributed by atoms with Gasteiger partial charge >= 0.3 is 5.97 Å². The van der Waals surface area contributed by atoms with Crippen LogP contribution in [0.25, 0.3) is 0 Å². The molecule has 1 aromatic rings. The summed E-state index contributed by atoms with van der Waals surface area (Å²) in [7, 11) is -3.80. The van der Waals surface area contributed by atoms with Crippen molar-refractivity contribution in [3.05, 3.63) is 36.4 Å². The highest BCUT2D eigenvalue weighted by Crippen LogP contribution is 2.28. The molecular formula is C15H20N2O4S. The monoisotopic (exact) mass is 324 g/mol. The average Bonchev–Trinajstić information content (AvgIpc) is 2.98. The number of anilines is 1. The normalized spacial score (nSPS) is 15.6. The van der Waals surface area contributed by atoms with Crippen molar-refractivity contribution in [3.8, 4) is 0 Å². The van der Waals surface area contributed by atoms with Crippen LogP contribution < -0.4 is 10.0 Å². The van der Waals surface area contributed by atoms with Gasteiger partial charge in [0.25, 0.3) is 0 Å². The minimum absolute atomic E-state index is 0.0406. The van der Waals surface area contributed by atoms with Gasteiger partial charge in [-0.05, 0) is 31.0 Å². The number of benzene rings is 1. The largest absolute Gasteiger partial charge is 0.478 e. The van der Waals surface area contributed by atoms with Gasteiger partial charge in [0.1, 0.15) is 4.90 Å². The molecule has 1 aliphatic rings. The maximum atomic E-state index is 12.4. The lowest BCUT2D eigenvalue weighted by Crippen LogP contribution is -2.26. The van der Waals surface area contributed by atoms with E-state index in [9.17, 15) is 13.2 Å². The number of hydrogen-bond acceptors (Lipinski definition) is 4. The second kappa shape index (κ2) is 6.93. The summed E-state index contributed by atoms with van der Waals surface area (Å²) in [6.07, 6.45) is 5.63. The fraction of sp³-hybridized carbons (Fsp3) is 0.400. The third-order valence-electron chi connectivity index (χ3n) is 3.65. The maximum Gasteiger partial charge on any atom is 0.335 e. The molecule has 0 spiro atoms. The van der Waals surface area contributed by atoms with Crippen molar-refractivity contribution in [1.29, 1.82) is 0 Å². The molecule has 0 heterocycles. The highest BCUT2D eigenvalue weighted by atomic mass is 32.2. The first-order valence-electron chi connectivity index (χ1n) is 7.18. The van der Waals surface area contributed by atoms with Crippen LogP contribution in [-0.2, 0) is 10.0 Å². The Balaban J connectivity index is 2.38. The zero-order chi connectivity index (χ0) is 16.2. The summed E-state index contributed by atoms with van der Waals surface area (Å²) >= 11 is 0. The Bertz CT molecular complexity index is 664. The third kappa shape index (κ3) is 3.86. The van der Waals surface area contributed by atoms with Gasteiger partial charge in [0, 0.05) is 12.6 Å². The molecule has 3 N–H and O–H groups in total. The lowest BCUT2D eigenvalue weighted by atomic mass is 10.2. The van der Waals surface area contributed by atoms with Crippen molar-refractivity contribution in [1.82, 2.24) is 4.72 Å². The van der Waals surface area contributed by atoms with E-state index in [1.807, 2.05) is 0 Å². The number of aromatic carboxylic acids is 1. The Hall–Kier alpha value is -1.86. The minimum atomic E-state index is -3.80. The van der Waals surface area contributed by atoms with E-state index in [0.29, 0.717) is 5.69 Å². The first-order chi connectivity index (χ1) is 10.4. The van der Waals surface area contributed by atoms with Gasteiger partial charge in [-0.3, -0.25) is 0 Å². The average molecular weight is 324 g/mol. The Morgan fingerprint density at radius 3 is 2.64 bits per heavy atom. The van der Waals surface area contributed by atoms with E-state index in [1.54, 1.807) is 0 Å². The number of nitrogens with one attached hydrogen (secondary N) is 2. The SMILES string of the molecule is C=CCNS(=O)(=O)c1cc(C(=O)O)ccc1NC1CCCC1. The van der Waals surface area contributed by atoms with E-state index in [0.717, 1.165) is 25.7 Å². The molecule has 1 fully saturated rings. The number of carbonyl (C=O) groups is 1. The molecule has 0 unspecified atom stereocenters. The van der Waals surface area contributed by atoms with Crippen LogP contribution >= 0.6 is 0 Å². The van der Waals surface area contributed by atoms with Gasteiger partial charge < -0.3 is 10.4 Å². The van der Waals surface area contributed by atoms with Gasteiger partial charge in [-0.2, -0.15) is 0 Å². The van der Waals surface area contributed by atoms with Crippen LogP contribution in [0.4, 0.5) is 5.69 Å². The molecule has 0 bridgehead atoms. The van der Waals surface area contributed by atoms with Gasteiger partial charge in [-0.1, -0.05) is 18.9 Å². The number of rotatable bonds is 7. The highest BCUT2D eigenvalue weighted by Gasteiger charge is 2.23. The van der Waals surface area contributed by atoms with Crippen LogP contribution in [0.3, 0.4) is 0 Å². The molecule has 0 atom stereocenters. The highest BCUT2D eigenvalue weighted by molar-refractivity contribution is 7.89. The molecule has 2 rings (SSSR count). The summed E-state index contributed by atoms with van der Waals surface area (Å²) in [4.78, 5) is 11.1. The number of carboxylic acids is 1. The summed E-state index contributed by atoms with van der Waals surface area (Å²) in [6.45, 7) is 3.56. The van der Waals surface area contributed by atoms with E-state index in [2.05, 4.69) is 16.6 Å². The van der Waals surface area contributed by atoms with E-state index in [-0.39, 0.29) is 23.0 Å². The zero-order valence-electron chi connectivity index (χ0n) is 12.2. The third-order valence-corrected chi connectivity index (χ3v) is 5.11. The molecule has 6 nitrogen and oxygen atoms in total. The molecule has 7 heteroatoms. The van der Waals surface area contributed by atoms with Crippen molar-refractivity contribution < 1.29 is 18.3 Å². The summed E-state index contributed by atoms with van der Waals surface area (Å²) in [5.41, 5.74) is 0.379. The molecule has 22 heavy (non-hydrogen) atoms. The van der Waals surface area contributed by atoms with Crippen LogP contribution in [0, 0.1) is 0 Å². The molecule has 1 saturated carbocycles. The van der Waals surface area contributed by atoms with Crippen molar-refractivity contribution in [2.75, 3.05) is 11.9 Å². The fourth-order valence-electron chi connectivity index (χ4n) is 2.53. The van der Waals surface area contributed by atoms with Gasteiger partial charge in [-0.15, -0.1) is 6.58 Å². The lowest BCUT2D eigenvalue weighted by molar-refractivity contribution is 0.0696. The molecule has 1 aliphatic carbocycles. The molecule has 0 radical (unpaired) electrons. The maximum absolute atomic E-state index is 12.4. The first-order valence-corrected chi connectivity index (χ1v) is 8.67. The minimum Gasteiger partial charge on any atom is -0.478 e. The number of hydrogen-bond donors (Lipinski definition) is 3. The molecule has 0 aromatic heterocycles. The van der Waals surface area contributed by atoms with Crippen LogP contribution in [0.1, 0.15) is 36.0 Å². The van der Waals surface area contributed by atoms with Gasteiger partial charge in [0.2, 0.25) is 10.0 Å². The summed E-state index contributed by atoms with van der Waals surface area (Å²) < 4.78 is 27.1. The molecule has 120 valence electrons. The lowest BCUT2D eigenvalue weighted by Gasteiger charge is -2.18. The van der Waals surface area contributed by atoms with E-state index < -0.39 is 16.0 Å². The molecular weight excluding hydrogens is 304 g/mol. The van der Waals surface area contributed by atoms with E-state index in [1.165, 1.54) is 24.3 Å². The van der Waals surface area contributed by atoms with Crippen molar-refractivity contribution in [3.63, 3.8) is 0 Å². The standard InChI is InChI=1S/C15H20N2O4S/c1-2-9-16-22(20,21)14-10-11(15(18)19)7-8-13(14)17-12-5-3-4-6-12/h2,7-8,10,12,16-17H,1,3-6,9H2,(H,18,19).